The van der Waals surface area contributed by atoms with Gasteiger partial charge in [-0.2, -0.15) is 0 Å². The third-order valence-corrected chi connectivity index (χ3v) is 4.49. The summed E-state index contributed by atoms with van der Waals surface area (Å²) in [5, 5.41) is 10.2. The number of carboxylic acid groups (broad SMARTS) is 1. The van der Waals surface area contributed by atoms with Gasteiger partial charge in [-0.25, -0.2) is 8.42 Å². The summed E-state index contributed by atoms with van der Waals surface area (Å²) in [5.41, 5.74) is 3.81. The van der Waals surface area contributed by atoms with E-state index in [-0.39, 0.29) is 11.6 Å². The molecule has 7 heteroatoms. The number of carboxylic acids is 1. The van der Waals surface area contributed by atoms with E-state index in [4.69, 9.17) is 4.74 Å². The highest BCUT2D eigenvalue weighted by Gasteiger charge is 2.27. The molecule has 1 aromatic rings. The number of sulfone groups is 1. The molecule has 0 saturated carbocycles. The summed E-state index contributed by atoms with van der Waals surface area (Å²) in [6, 6.07) is 6.18. The van der Waals surface area contributed by atoms with Gasteiger partial charge < -0.3 is 20.4 Å². The number of aromatic carboxylic acids is 1. The van der Waals surface area contributed by atoms with Crippen molar-refractivity contribution in [2.24, 2.45) is 0 Å². The zero-order valence-electron chi connectivity index (χ0n) is 10.7. The van der Waals surface area contributed by atoms with Crippen molar-refractivity contribution in [1.29, 1.82) is 0 Å². The number of rotatable bonds is 2. The molecule has 0 amide bonds. The van der Waals surface area contributed by atoms with Gasteiger partial charge in [0.1, 0.15) is 11.5 Å². The summed E-state index contributed by atoms with van der Waals surface area (Å²) < 4.78 is 26.0. The Kier molecular flexibility index (Phi) is 5.31. The van der Waals surface area contributed by atoms with Crippen LogP contribution in [0.15, 0.2) is 24.3 Å². The molecule has 1 unspecified atom stereocenters. The molecule has 1 atom stereocenters. The molecule has 106 valence electrons. The maximum atomic E-state index is 10.6. The summed E-state index contributed by atoms with van der Waals surface area (Å²) in [4.78, 5) is 10.2. The Bertz CT molecular complexity index is 524. The summed E-state index contributed by atoms with van der Waals surface area (Å²) in [5.74, 6) is 0.108. The summed E-state index contributed by atoms with van der Waals surface area (Å²) in [6.45, 7) is 0. The second kappa shape index (κ2) is 6.53. The minimum absolute atomic E-state index is 0.153. The number of methoxy groups -OCH3 is 1. The van der Waals surface area contributed by atoms with Gasteiger partial charge in [0.25, 0.3) is 0 Å². The molecule has 2 rings (SSSR count). The fourth-order valence-corrected chi connectivity index (χ4v) is 3.34. The van der Waals surface area contributed by atoms with Gasteiger partial charge in [0.2, 0.25) is 0 Å². The third-order valence-electron chi connectivity index (χ3n) is 2.65. The summed E-state index contributed by atoms with van der Waals surface area (Å²) in [6.07, 6.45) is 0.752. The van der Waals surface area contributed by atoms with E-state index in [0.717, 1.165) is 6.42 Å². The van der Waals surface area contributed by atoms with E-state index in [1.54, 1.807) is 12.1 Å². The highest BCUT2D eigenvalue weighted by Crippen LogP contribution is 2.10. The van der Waals surface area contributed by atoms with E-state index in [9.17, 15) is 18.3 Å². The molecule has 1 fully saturated rings. The van der Waals surface area contributed by atoms with E-state index in [1.165, 1.54) is 19.2 Å². The first kappa shape index (κ1) is 15.5. The Labute approximate surface area is 112 Å². The number of ether oxygens (including phenoxy) is 1. The minimum atomic E-state index is -2.66. The van der Waals surface area contributed by atoms with Crippen molar-refractivity contribution in [2.45, 2.75) is 12.5 Å². The highest BCUT2D eigenvalue weighted by atomic mass is 32.2. The van der Waals surface area contributed by atoms with Crippen LogP contribution < -0.4 is 15.6 Å². The van der Waals surface area contributed by atoms with Crippen LogP contribution >= 0.6 is 0 Å². The van der Waals surface area contributed by atoms with Crippen LogP contribution in [0.25, 0.3) is 0 Å². The lowest BCUT2D eigenvalue weighted by Crippen LogP contribution is -2.61. The number of benzene rings is 1. The second-order valence-corrected chi connectivity index (χ2v) is 6.51. The summed E-state index contributed by atoms with van der Waals surface area (Å²) >= 11 is 0. The van der Waals surface area contributed by atoms with Crippen molar-refractivity contribution in [2.75, 3.05) is 18.6 Å². The zero-order chi connectivity index (χ0) is 14.5. The van der Waals surface area contributed by atoms with E-state index in [2.05, 4.69) is 5.73 Å². The first-order valence-electron chi connectivity index (χ1n) is 5.73. The molecule has 1 aromatic carbocycles. The number of hydrogen-bond donors (Lipinski definition) is 1. The first-order valence-corrected chi connectivity index (χ1v) is 7.55. The van der Waals surface area contributed by atoms with Crippen molar-refractivity contribution >= 4 is 15.8 Å². The van der Waals surface area contributed by atoms with Gasteiger partial charge in [-0.05, 0) is 29.8 Å². The Morgan fingerprint density at radius 2 is 1.95 bits per heavy atom. The third kappa shape index (κ3) is 5.27. The molecule has 19 heavy (non-hydrogen) atoms. The van der Waals surface area contributed by atoms with Gasteiger partial charge in [0.15, 0.2) is 9.84 Å². The van der Waals surface area contributed by atoms with Crippen LogP contribution in [0.1, 0.15) is 16.8 Å². The van der Waals surface area contributed by atoms with E-state index >= 15 is 0 Å². The van der Waals surface area contributed by atoms with Crippen molar-refractivity contribution < 1.29 is 28.8 Å². The monoisotopic (exact) mass is 287 g/mol. The largest absolute Gasteiger partial charge is 0.545 e. The van der Waals surface area contributed by atoms with Crippen molar-refractivity contribution in [3.63, 3.8) is 0 Å². The summed E-state index contributed by atoms with van der Waals surface area (Å²) in [7, 11) is -1.14. The molecule has 6 nitrogen and oxygen atoms in total. The molecule has 0 aromatic heterocycles. The molecule has 0 aliphatic carbocycles. The van der Waals surface area contributed by atoms with Gasteiger partial charge in [0, 0.05) is 6.42 Å². The number of hydrogen-bond acceptors (Lipinski definition) is 5. The van der Waals surface area contributed by atoms with Gasteiger partial charge in [-0.3, -0.25) is 0 Å². The Balaban J connectivity index is 0.000000200. The maximum Gasteiger partial charge on any atom is 0.156 e. The average molecular weight is 287 g/mol. The molecule has 0 spiro atoms. The molecule has 1 heterocycles. The van der Waals surface area contributed by atoms with Crippen LogP contribution in [0, 0.1) is 0 Å². The van der Waals surface area contributed by atoms with Crippen LogP contribution in [0.5, 0.6) is 5.75 Å². The standard InChI is InChI=1S/C8H8O3.C4H9NO2S/c1-11-7-4-2-6(3-5-7)8(9)10;5-4-1-2-8(6,7)3-4/h2-5H,1H3,(H,9,10);4H,1-3,5H2. The second-order valence-electron chi connectivity index (χ2n) is 4.29. The lowest BCUT2D eigenvalue weighted by Gasteiger charge is -2.02. The van der Waals surface area contributed by atoms with Crippen LogP contribution in [0.4, 0.5) is 0 Å². The number of carbonyl (C=O) groups is 1. The fraction of sp³-hybridized carbons (Fsp3) is 0.417. The van der Waals surface area contributed by atoms with Crippen LogP contribution in [0.2, 0.25) is 0 Å². The van der Waals surface area contributed by atoms with Crippen LogP contribution in [-0.4, -0.2) is 39.0 Å². The fourth-order valence-electron chi connectivity index (χ4n) is 1.60. The van der Waals surface area contributed by atoms with Crippen molar-refractivity contribution in [3.05, 3.63) is 29.8 Å². The molecule has 1 aliphatic rings. The molecule has 3 N–H and O–H groups in total. The highest BCUT2D eigenvalue weighted by molar-refractivity contribution is 7.91. The van der Waals surface area contributed by atoms with Gasteiger partial charge >= 0.3 is 0 Å². The molecular weight excluding hydrogens is 270 g/mol. The van der Waals surface area contributed by atoms with Crippen molar-refractivity contribution in [1.82, 2.24) is 0 Å². The van der Waals surface area contributed by atoms with Crippen LogP contribution in [0.3, 0.4) is 0 Å². The maximum absolute atomic E-state index is 10.6. The number of carbonyl (C=O) groups excluding carboxylic acids is 1. The average Bonchev–Trinajstić information content (AvgIpc) is 2.68. The molecule has 1 aliphatic heterocycles. The molecular formula is C12H17NO5S. The SMILES string of the molecule is COc1ccc(C(=O)[O-])cc1.[NH3+]C1CCS(=O)(=O)C1. The number of quaternary nitrogens is 1. The first-order chi connectivity index (χ1) is 8.84. The minimum Gasteiger partial charge on any atom is -0.545 e. The van der Waals surface area contributed by atoms with E-state index in [0.29, 0.717) is 17.3 Å². The van der Waals surface area contributed by atoms with Gasteiger partial charge in [0.05, 0.1) is 24.9 Å². The Hall–Kier alpha value is -1.60. The smallest absolute Gasteiger partial charge is 0.156 e. The van der Waals surface area contributed by atoms with Gasteiger partial charge in [-0.1, -0.05) is 0 Å². The Morgan fingerprint density at radius 1 is 1.37 bits per heavy atom. The predicted octanol–water partition coefficient (Wildman–Crippen LogP) is -1.53. The molecule has 1 saturated heterocycles. The predicted molar refractivity (Wildman–Crippen MR) is 67.3 cm³/mol. The normalized spacial score (nSPS) is 20.2. The molecule has 0 radical (unpaired) electrons. The zero-order valence-corrected chi connectivity index (χ0v) is 11.5. The quantitative estimate of drug-likeness (QED) is 0.709. The topological polar surface area (TPSA) is 111 Å². The van der Waals surface area contributed by atoms with Crippen LogP contribution in [-0.2, 0) is 9.84 Å². The molecule has 0 bridgehead atoms. The van der Waals surface area contributed by atoms with E-state index in [1.807, 2.05) is 0 Å². The lowest BCUT2D eigenvalue weighted by molar-refractivity contribution is -0.410. The Morgan fingerprint density at radius 3 is 2.21 bits per heavy atom. The van der Waals surface area contributed by atoms with E-state index < -0.39 is 15.8 Å². The van der Waals surface area contributed by atoms with Crippen molar-refractivity contribution in [3.8, 4) is 5.75 Å². The lowest BCUT2D eigenvalue weighted by atomic mass is 10.2. The van der Waals surface area contributed by atoms with Gasteiger partial charge in [-0.15, -0.1) is 0 Å².